The Morgan fingerprint density at radius 1 is 1.42 bits per heavy atom. The van der Waals surface area contributed by atoms with Crippen molar-refractivity contribution in [2.75, 3.05) is 31.7 Å². The number of nitrogens with zero attached hydrogens (tertiary/aromatic N) is 2. The summed E-state index contributed by atoms with van der Waals surface area (Å²) in [5.74, 6) is 1.05. The highest BCUT2D eigenvalue weighted by atomic mass is 16.5. The molecule has 0 saturated carbocycles. The molecule has 6 nitrogen and oxygen atoms in total. The molecular formula is C13H21N3O3. The smallest absolute Gasteiger partial charge is 0.226 e. The fourth-order valence-corrected chi connectivity index (χ4v) is 2.14. The van der Waals surface area contributed by atoms with Crippen LogP contribution in [-0.4, -0.2) is 47.0 Å². The Morgan fingerprint density at radius 2 is 2.16 bits per heavy atom. The van der Waals surface area contributed by atoms with Crippen LogP contribution in [0.5, 0.6) is 5.88 Å². The molecule has 0 radical (unpaired) electrons. The molecule has 0 aromatic carbocycles. The van der Waals surface area contributed by atoms with Gasteiger partial charge in [-0.2, -0.15) is 4.98 Å². The predicted molar refractivity (Wildman–Crippen MR) is 71.4 cm³/mol. The van der Waals surface area contributed by atoms with E-state index in [0.717, 1.165) is 18.5 Å². The Hall–Kier alpha value is -1.40. The lowest BCUT2D eigenvalue weighted by Crippen LogP contribution is -2.47. The van der Waals surface area contributed by atoms with Gasteiger partial charge in [0.15, 0.2) is 0 Å². The molecule has 0 atom stereocenters. The summed E-state index contributed by atoms with van der Waals surface area (Å²) in [5, 5.41) is 12.9. The first-order valence-electron chi connectivity index (χ1n) is 6.63. The molecule has 1 fully saturated rings. The number of nitrogens with one attached hydrogen (secondary N) is 1. The number of aromatic nitrogens is 2. The summed E-state index contributed by atoms with van der Waals surface area (Å²) >= 11 is 0. The van der Waals surface area contributed by atoms with Gasteiger partial charge in [0.2, 0.25) is 11.8 Å². The maximum absolute atomic E-state index is 9.64. The molecule has 2 rings (SSSR count). The van der Waals surface area contributed by atoms with Crippen LogP contribution in [0.3, 0.4) is 0 Å². The summed E-state index contributed by atoms with van der Waals surface area (Å²) in [4.78, 5) is 8.66. The van der Waals surface area contributed by atoms with Gasteiger partial charge in [-0.25, -0.2) is 4.98 Å². The fourth-order valence-electron chi connectivity index (χ4n) is 2.14. The van der Waals surface area contributed by atoms with Crippen molar-refractivity contribution in [1.29, 1.82) is 0 Å². The Labute approximate surface area is 113 Å². The predicted octanol–water partition coefficient (Wildman–Crippen LogP) is 1.14. The largest absolute Gasteiger partial charge is 0.478 e. The lowest BCUT2D eigenvalue weighted by Gasteiger charge is -2.36. The number of ether oxygens (including phenoxy) is 2. The zero-order valence-corrected chi connectivity index (χ0v) is 11.5. The molecule has 106 valence electrons. The van der Waals surface area contributed by atoms with E-state index in [1.54, 1.807) is 6.07 Å². The molecule has 0 aliphatic carbocycles. The molecule has 2 heterocycles. The highest BCUT2D eigenvalue weighted by molar-refractivity contribution is 5.34. The van der Waals surface area contributed by atoms with Crippen LogP contribution in [-0.2, 0) is 4.74 Å². The Kier molecular flexibility index (Phi) is 4.55. The van der Waals surface area contributed by atoms with Gasteiger partial charge in [0, 0.05) is 25.0 Å². The SMILES string of the molecule is CCOc1cc(C)nc(NC2(CO)CCOCC2)n1. The number of anilines is 1. The molecule has 0 spiro atoms. The van der Waals surface area contributed by atoms with E-state index < -0.39 is 5.54 Å². The first kappa shape index (κ1) is 14.0. The van der Waals surface area contributed by atoms with E-state index in [1.165, 1.54) is 0 Å². The van der Waals surface area contributed by atoms with Crippen molar-refractivity contribution >= 4 is 5.95 Å². The normalized spacial score (nSPS) is 18.1. The van der Waals surface area contributed by atoms with Crippen molar-refractivity contribution in [3.05, 3.63) is 11.8 Å². The number of hydrogen-bond acceptors (Lipinski definition) is 6. The molecular weight excluding hydrogens is 246 g/mol. The van der Waals surface area contributed by atoms with Gasteiger partial charge in [-0.15, -0.1) is 0 Å². The van der Waals surface area contributed by atoms with E-state index >= 15 is 0 Å². The number of hydrogen-bond donors (Lipinski definition) is 2. The highest BCUT2D eigenvalue weighted by Crippen LogP contribution is 2.25. The zero-order chi connectivity index (χ0) is 13.7. The van der Waals surface area contributed by atoms with E-state index in [1.807, 2.05) is 13.8 Å². The maximum Gasteiger partial charge on any atom is 0.226 e. The highest BCUT2D eigenvalue weighted by Gasteiger charge is 2.32. The molecule has 1 aromatic heterocycles. The second-order valence-electron chi connectivity index (χ2n) is 4.78. The molecule has 0 amide bonds. The van der Waals surface area contributed by atoms with E-state index in [-0.39, 0.29) is 6.61 Å². The number of aryl methyl sites for hydroxylation is 1. The van der Waals surface area contributed by atoms with E-state index in [2.05, 4.69) is 15.3 Å². The Morgan fingerprint density at radius 3 is 2.79 bits per heavy atom. The van der Waals surface area contributed by atoms with Crippen LogP contribution in [0.1, 0.15) is 25.5 Å². The topological polar surface area (TPSA) is 76.5 Å². The van der Waals surface area contributed by atoms with Crippen LogP contribution >= 0.6 is 0 Å². The van der Waals surface area contributed by atoms with Gasteiger partial charge >= 0.3 is 0 Å². The summed E-state index contributed by atoms with van der Waals surface area (Å²) < 4.78 is 10.7. The van der Waals surface area contributed by atoms with E-state index in [4.69, 9.17) is 9.47 Å². The molecule has 2 N–H and O–H groups in total. The standard InChI is InChI=1S/C13H21N3O3/c1-3-19-11-8-10(2)14-12(15-11)16-13(9-17)4-6-18-7-5-13/h8,17H,3-7,9H2,1-2H3,(H,14,15,16). The van der Waals surface area contributed by atoms with Crippen LogP contribution in [0.2, 0.25) is 0 Å². The summed E-state index contributed by atoms with van der Waals surface area (Å²) in [6.07, 6.45) is 1.48. The van der Waals surface area contributed by atoms with Crippen molar-refractivity contribution < 1.29 is 14.6 Å². The molecule has 1 aromatic rings. The second kappa shape index (κ2) is 6.16. The minimum atomic E-state index is -0.393. The van der Waals surface area contributed by atoms with Crippen LogP contribution in [0.4, 0.5) is 5.95 Å². The summed E-state index contributed by atoms with van der Waals surface area (Å²) in [5.41, 5.74) is 0.441. The quantitative estimate of drug-likeness (QED) is 0.833. The minimum absolute atomic E-state index is 0.0393. The van der Waals surface area contributed by atoms with E-state index in [0.29, 0.717) is 31.6 Å². The first-order chi connectivity index (χ1) is 9.17. The molecule has 0 bridgehead atoms. The van der Waals surface area contributed by atoms with Gasteiger partial charge in [0.05, 0.1) is 18.8 Å². The lowest BCUT2D eigenvalue weighted by molar-refractivity contribution is 0.0376. The van der Waals surface area contributed by atoms with Crippen molar-refractivity contribution in [2.45, 2.75) is 32.2 Å². The molecule has 1 aliphatic rings. The van der Waals surface area contributed by atoms with Crippen molar-refractivity contribution in [3.63, 3.8) is 0 Å². The number of rotatable bonds is 5. The third-order valence-corrected chi connectivity index (χ3v) is 3.25. The molecule has 0 unspecified atom stereocenters. The number of aliphatic hydroxyl groups excluding tert-OH is 1. The molecule has 19 heavy (non-hydrogen) atoms. The van der Waals surface area contributed by atoms with Gasteiger partial charge in [0.25, 0.3) is 0 Å². The third-order valence-electron chi connectivity index (χ3n) is 3.25. The van der Waals surface area contributed by atoms with Gasteiger partial charge in [0.1, 0.15) is 0 Å². The zero-order valence-electron chi connectivity index (χ0n) is 11.5. The monoisotopic (exact) mass is 267 g/mol. The van der Waals surface area contributed by atoms with Crippen molar-refractivity contribution in [2.24, 2.45) is 0 Å². The van der Waals surface area contributed by atoms with Crippen molar-refractivity contribution in [3.8, 4) is 5.88 Å². The van der Waals surface area contributed by atoms with Gasteiger partial charge < -0.3 is 19.9 Å². The van der Waals surface area contributed by atoms with Crippen LogP contribution in [0.25, 0.3) is 0 Å². The van der Waals surface area contributed by atoms with Gasteiger partial charge in [-0.1, -0.05) is 0 Å². The number of aliphatic hydroxyl groups is 1. The van der Waals surface area contributed by atoms with Crippen LogP contribution < -0.4 is 10.1 Å². The molecule has 1 saturated heterocycles. The van der Waals surface area contributed by atoms with Crippen LogP contribution in [0, 0.1) is 6.92 Å². The fraction of sp³-hybridized carbons (Fsp3) is 0.692. The molecule has 1 aliphatic heterocycles. The third kappa shape index (κ3) is 3.54. The summed E-state index contributed by atoms with van der Waals surface area (Å²) in [6.45, 7) is 5.69. The Bertz CT molecular complexity index is 420. The van der Waals surface area contributed by atoms with Crippen LogP contribution in [0.15, 0.2) is 6.07 Å². The Balaban J connectivity index is 2.16. The van der Waals surface area contributed by atoms with Crippen molar-refractivity contribution in [1.82, 2.24) is 9.97 Å². The van der Waals surface area contributed by atoms with Gasteiger partial charge in [-0.3, -0.25) is 0 Å². The second-order valence-corrected chi connectivity index (χ2v) is 4.78. The lowest BCUT2D eigenvalue weighted by atomic mass is 9.91. The van der Waals surface area contributed by atoms with E-state index in [9.17, 15) is 5.11 Å². The van der Waals surface area contributed by atoms with Gasteiger partial charge in [-0.05, 0) is 26.7 Å². The minimum Gasteiger partial charge on any atom is -0.478 e. The summed E-state index contributed by atoms with van der Waals surface area (Å²) in [7, 11) is 0. The first-order valence-corrected chi connectivity index (χ1v) is 6.63. The summed E-state index contributed by atoms with van der Waals surface area (Å²) in [6, 6.07) is 1.80. The average molecular weight is 267 g/mol. The average Bonchev–Trinajstić information content (AvgIpc) is 2.39. The maximum atomic E-state index is 9.64. The molecule has 6 heteroatoms.